The molecule has 0 fully saturated rings. The van der Waals surface area contributed by atoms with Gasteiger partial charge >= 0.3 is 5.97 Å². The smallest absolute Gasteiger partial charge is 0.338 e. The molecule has 1 rings (SSSR count). The zero-order valence-corrected chi connectivity index (χ0v) is 9.73. The second-order valence-electron chi connectivity index (χ2n) is 2.23. The predicted molar refractivity (Wildman–Crippen MR) is 59.1 cm³/mol. The molecule has 14 heavy (non-hydrogen) atoms. The highest BCUT2D eigenvalue weighted by atomic mass is 36.5. The van der Waals surface area contributed by atoms with Crippen molar-refractivity contribution < 1.29 is 9.53 Å². The molecular weight excluding hydrogens is 246 g/mol. The number of benzene rings is 1. The van der Waals surface area contributed by atoms with E-state index in [1.54, 1.807) is 31.2 Å². The van der Waals surface area contributed by atoms with Gasteiger partial charge in [-0.05, 0) is 31.2 Å². The van der Waals surface area contributed by atoms with Crippen LogP contribution in [-0.4, -0.2) is 12.6 Å². The van der Waals surface area contributed by atoms with Crippen LogP contribution in [0, 0.1) is 0 Å². The summed E-state index contributed by atoms with van der Waals surface area (Å²) in [6, 6.07) is 6.60. The second kappa shape index (κ2) is 7.92. The molecule has 1 aromatic rings. The molecule has 0 aliphatic carbocycles. The van der Waals surface area contributed by atoms with Gasteiger partial charge in [-0.3, -0.25) is 0 Å². The third-order valence-electron chi connectivity index (χ3n) is 1.36. The van der Waals surface area contributed by atoms with Gasteiger partial charge in [0.1, 0.15) is 0 Å². The third kappa shape index (κ3) is 4.70. The number of ether oxygens (including phenoxy) is 1. The minimum absolute atomic E-state index is 0.311. The minimum Gasteiger partial charge on any atom is -0.462 e. The summed E-state index contributed by atoms with van der Waals surface area (Å²) in [6.07, 6.45) is 0. The molecule has 0 atom stereocenters. The number of hydrogen-bond acceptors (Lipinski definition) is 2. The lowest BCUT2D eigenvalue weighted by molar-refractivity contribution is 0.0526. The van der Waals surface area contributed by atoms with Crippen LogP contribution >= 0.6 is 33.3 Å². The normalized spacial score (nSPS) is 8.57. The lowest BCUT2D eigenvalue weighted by atomic mass is 10.2. The first kappa shape index (κ1) is 13.6. The summed E-state index contributed by atoms with van der Waals surface area (Å²) in [4.78, 5) is 11.1. The molecule has 5 heteroatoms. The van der Waals surface area contributed by atoms with E-state index in [-0.39, 0.29) is 5.97 Å². The van der Waals surface area contributed by atoms with Crippen molar-refractivity contribution in [3.05, 3.63) is 34.9 Å². The maximum Gasteiger partial charge on any atom is 0.338 e. The summed E-state index contributed by atoms with van der Waals surface area (Å²) in [7, 11) is 8.22. The molecular formula is C9H9Cl3O2. The Morgan fingerprint density at radius 1 is 1.29 bits per heavy atom. The topological polar surface area (TPSA) is 26.3 Å². The molecule has 0 spiro atoms. The molecule has 0 heterocycles. The Labute approximate surface area is 97.3 Å². The largest absolute Gasteiger partial charge is 0.462 e. The van der Waals surface area contributed by atoms with Gasteiger partial charge in [0.2, 0.25) is 0 Å². The monoisotopic (exact) mass is 254 g/mol. The first-order valence-corrected chi connectivity index (χ1v) is 5.33. The number of halogens is 3. The standard InChI is InChI=1S/C9H9ClO2.Cl2/c1-2-12-9(11)7-3-5-8(10)6-4-7;1-2/h3-6H,2H2,1H3;. The molecule has 78 valence electrons. The van der Waals surface area contributed by atoms with Crippen molar-refractivity contribution in [1.82, 2.24) is 0 Å². The Hall–Kier alpha value is -0.440. The molecule has 0 N–H and O–H groups in total. The Bertz CT molecular complexity index is 272. The van der Waals surface area contributed by atoms with E-state index < -0.39 is 0 Å². The number of carbonyl (C=O) groups excluding carboxylic acids is 1. The number of carbonyl (C=O) groups is 1. The van der Waals surface area contributed by atoms with Crippen LogP contribution in [0.15, 0.2) is 24.3 Å². The van der Waals surface area contributed by atoms with E-state index in [4.69, 9.17) is 16.3 Å². The average Bonchev–Trinajstić information content (AvgIpc) is 2.22. The molecule has 0 amide bonds. The fraction of sp³-hybridized carbons (Fsp3) is 0.222. The fourth-order valence-electron chi connectivity index (χ4n) is 0.800. The van der Waals surface area contributed by atoms with E-state index >= 15 is 0 Å². The Kier molecular flexibility index (Phi) is 7.67. The Morgan fingerprint density at radius 2 is 1.79 bits per heavy atom. The summed E-state index contributed by atoms with van der Waals surface area (Å²) < 4.78 is 4.79. The van der Waals surface area contributed by atoms with Gasteiger partial charge in [-0.1, -0.05) is 11.6 Å². The molecule has 0 unspecified atom stereocenters. The molecule has 0 saturated heterocycles. The molecule has 0 saturated carbocycles. The van der Waals surface area contributed by atoms with Crippen molar-refractivity contribution in [2.24, 2.45) is 0 Å². The number of hydrogen-bond donors (Lipinski definition) is 0. The summed E-state index contributed by atoms with van der Waals surface area (Å²) in [5.74, 6) is -0.311. The summed E-state index contributed by atoms with van der Waals surface area (Å²) in [5.41, 5.74) is 0.529. The van der Waals surface area contributed by atoms with E-state index in [0.29, 0.717) is 17.2 Å². The number of esters is 1. The zero-order valence-electron chi connectivity index (χ0n) is 7.47. The SMILES string of the molecule is CCOC(=O)c1ccc(Cl)cc1.ClCl. The summed E-state index contributed by atoms with van der Waals surface area (Å²) >= 11 is 5.64. The highest BCUT2D eigenvalue weighted by Crippen LogP contribution is 2.10. The average molecular weight is 256 g/mol. The summed E-state index contributed by atoms with van der Waals surface area (Å²) in [6.45, 7) is 2.16. The maximum absolute atomic E-state index is 11.1. The van der Waals surface area contributed by atoms with Gasteiger partial charge in [0.05, 0.1) is 12.2 Å². The van der Waals surface area contributed by atoms with Gasteiger partial charge in [-0.25, -0.2) is 4.79 Å². The molecule has 1 aromatic carbocycles. The van der Waals surface area contributed by atoms with Crippen LogP contribution < -0.4 is 0 Å². The van der Waals surface area contributed by atoms with Gasteiger partial charge in [0.25, 0.3) is 0 Å². The lowest BCUT2D eigenvalue weighted by Gasteiger charge is -2.00. The van der Waals surface area contributed by atoms with Crippen LogP contribution in [0.3, 0.4) is 0 Å². The van der Waals surface area contributed by atoms with Gasteiger partial charge < -0.3 is 4.74 Å². The molecule has 0 aliphatic heterocycles. The van der Waals surface area contributed by atoms with E-state index in [2.05, 4.69) is 21.7 Å². The third-order valence-corrected chi connectivity index (χ3v) is 1.61. The van der Waals surface area contributed by atoms with Crippen molar-refractivity contribution in [1.29, 1.82) is 0 Å². The Balaban J connectivity index is 0.000000791. The number of rotatable bonds is 2. The second-order valence-corrected chi connectivity index (χ2v) is 2.66. The molecule has 0 radical (unpaired) electrons. The molecule has 0 bridgehead atoms. The van der Waals surface area contributed by atoms with Crippen molar-refractivity contribution >= 4 is 39.3 Å². The van der Waals surface area contributed by atoms with Gasteiger partial charge in [0.15, 0.2) is 0 Å². The highest BCUT2D eigenvalue weighted by molar-refractivity contribution is 6.85. The zero-order chi connectivity index (χ0) is 11.0. The van der Waals surface area contributed by atoms with E-state index in [0.717, 1.165) is 0 Å². The summed E-state index contributed by atoms with van der Waals surface area (Å²) in [5, 5.41) is 0.614. The van der Waals surface area contributed by atoms with Crippen LogP contribution in [0.1, 0.15) is 17.3 Å². The van der Waals surface area contributed by atoms with Gasteiger partial charge in [0, 0.05) is 26.7 Å². The van der Waals surface area contributed by atoms with Crippen molar-refractivity contribution in [2.75, 3.05) is 6.61 Å². The quantitative estimate of drug-likeness (QED) is 0.749. The van der Waals surface area contributed by atoms with E-state index in [9.17, 15) is 4.79 Å². The maximum atomic E-state index is 11.1. The van der Waals surface area contributed by atoms with Crippen molar-refractivity contribution in [3.63, 3.8) is 0 Å². The van der Waals surface area contributed by atoms with Crippen molar-refractivity contribution in [2.45, 2.75) is 6.92 Å². The van der Waals surface area contributed by atoms with Crippen LogP contribution in [0.2, 0.25) is 5.02 Å². The van der Waals surface area contributed by atoms with Crippen LogP contribution in [0.4, 0.5) is 0 Å². The van der Waals surface area contributed by atoms with Crippen molar-refractivity contribution in [3.8, 4) is 0 Å². The highest BCUT2D eigenvalue weighted by Gasteiger charge is 2.04. The van der Waals surface area contributed by atoms with E-state index in [1.165, 1.54) is 0 Å². The lowest BCUT2D eigenvalue weighted by Crippen LogP contribution is -2.03. The van der Waals surface area contributed by atoms with Crippen LogP contribution in [0.5, 0.6) is 0 Å². The van der Waals surface area contributed by atoms with Crippen LogP contribution in [0.25, 0.3) is 0 Å². The molecule has 0 aromatic heterocycles. The first-order valence-electron chi connectivity index (χ1n) is 3.81. The van der Waals surface area contributed by atoms with Gasteiger partial charge in [-0.2, -0.15) is 0 Å². The minimum atomic E-state index is -0.311. The van der Waals surface area contributed by atoms with Gasteiger partial charge in [-0.15, -0.1) is 0 Å². The van der Waals surface area contributed by atoms with Crippen LogP contribution in [-0.2, 0) is 4.74 Å². The first-order chi connectivity index (χ1) is 6.74. The molecule has 0 aliphatic rings. The fourth-order valence-corrected chi connectivity index (χ4v) is 0.926. The Morgan fingerprint density at radius 3 is 2.21 bits per heavy atom. The predicted octanol–water partition coefficient (Wildman–Crippen LogP) is 3.90. The van der Waals surface area contributed by atoms with E-state index in [1.807, 2.05) is 0 Å². The molecule has 2 nitrogen and oxygen atoms in total.